The zero-order valence-corrected chi connectivity index (χ0v) is 23.3. The number of amides is 1. The van der Waals surface area contributed by atoms with Gasteiger partial charge in [0.2, 0.25) is 10.0 Å². The first-order valence-corrected chi connectivity index (χ1v) is 14.9. The molecule has 0 bridgehead atoms. The number of carbonyl (C=O) groups is 1. The number of anilines is 1. The second-order valence-electron chi connectivity index (χ2n) is 10.3. The van der Waals surface area contributed by atoms with Gasteiger partial charge in [-0.1, -0.05) is 45.1 Å². The highest BCUT2D eigenvalue weighted by Gasteiger charge is 2.29. The second kappa shape index (κ2) is 11.6. The van der Waals surface area contributed by atoms with Gasteiger partial charge in [-0.2, -0.15) is 4.31 Å². The molecular formula is C27H34FN3O4S2. The molecule has 1 amide bonds. The van der Waals surface area contributed by atoms with Crippen LogP contribution in [-0.2, 0) is 14.8 Å². The Kier molecular flexibility index (Phi) is 8.63. The maximum Gasteiger partial charge on any atom is 0.260 e. The summed E-state index contributed by atoms with van der Waals surface area (Å²) >= 11 is 1.24. The molecule has 1 fully saturated rings. The quantitative estimate of drug-likeness (QED) is 0.332. The predicted octanol–water partition coefficient (Wildman–Crippen LogP) is 5.56. The third kappa shape index (κ3) is 6.37. The highest BCUT2D eigenvalue weighted by molar-refractivity contribution is 7.89. The molecule has 0 aliphatic carbocycles. The van der Waals surface area contributed by atoms with E-state index >= 15 is 0 Å². The maximum atomic E-state index is 14.3. The number of hydrogen-bond acceptors (Lipinski definition) is 6. The number of fused-ring (bicyclic) bond motifs is 1. The van der Waals surface area contributed by atoms with E-state index in [0.29, 0.717) is 35.1 Å². The highest BCUT2D eigenvalue weighted by Crippen LogP contribution is 2.32. The molecular weight excluding hydrogens is 513 g/mol. The first-order valence-electron chi connectivity index (χ1n) is 12.6. The molecule has 1 aromatic heterocycles. The van der Waals surface area contributed by atoms with Gasteiger partial charge in [0.1, 0.15) is 11.3 Å². The van der Waals surface area contributed by atoms with Gasteiger partial charge in [-0.15, -0.1) is 0 Å². The number of para-hydroxylation sites is 1. The van der Waals surface area contributed by atoms with Crippen molar-refractivity contribution in [2.45, 2.75) is 51.5 Å². The number of thiazole rings is 1. The van der Waals surface area contributed by atoms with Crippen LogP contribution < -0.4 is 4.90 Å². The van der Waals surface area contributed by atoms with E-state index in [1.807, 2.05) is 27.7 Å². The molecule has 1 saturated heterocycles. The van der Waals surface area contributed by atoms with Crippen molar-refractivity contribution in [3.63, 3.8) is 0 Å². The van der Waals surface area contributed by atoms with Crippen LogP contribution in [0.25, 0.3) is 10.2 Å². The summed E-state index contributed by atoms with van der Waals surface area (Å²) in [7, 11) is -3.71. The van der Waals surface area contributed by atoms with Crippen molar-refractivity contribution in [2.24, 2.45) is 11.8 Å². The maximum absolute atomic E-state index is 14.3. The monoisotopic (exact) mass is 547 g/mol. The van der Waals surface area contributed by atoms with Crippen LogP contribution in [0.5, 0.6) is 0 Å². The largest absolute Gasteiger partial charge is 0.376 e. The minimum absolute atomic E-state index is 0.138. The first-order chi connectivity index (χ1) is 17.6. The zero-order chi connectivity index (χ0) is 26.7. The van der Waals surface area contributed by atoms with Gasteiger partial charge in [0.15, 0.2) is 5.13 Å². The SMILES string of the molecule is CC(C)CN(CC(C)C)S(=O)(=O)c1ccc(C(=O)N(CC2CCCO2)c2nc3c(F)cccc3s2)cc1. The summed E-state index contributed by atoms with van der Waals surface area (Å²) in [5.74, 6) is -0.412. The first kappa shape index (κ1) is 27.6. The lowest BCUT2D eigenvalue weighted by molar-refractivity contribution is 0.0917. The lowest BCUT2D eigenvalue weighted by Gasteiger charge is -2.26. The summed E-state index contributed by atoms with van der Waals surface area (Å²) < 4.78 is 49.0. The van der Waals surface area contributed by atoms with Gasteiger partial charge in [-0.3, -0.25) is 9.69 Å². The fourth-order valence-corrected chi connectivity index (χ4v) is 7.17. The lowest BCUT2D eigenvalue weighted by Crippen LogP contribution is -2.38. The number of benzene rings is 2. The molecule has 4 rings (SSSR count). The molecule has 0 N–H and O–H groups in total. The smallest absolute Gasteiger partial charge is 0.260 e. The van der Waals surface area contributed by atoms with E-state index in [2.05, 4.69) is 4.98 Å². The summed E-state index contributed by atoms with van der Waals surface area (Å²) in [6.07, 6.45) is 1.60. The number of nitrogens with zero attached hydrogens (tertiary/aromatic N) is 3. The normalized spacial score (nSPS) is 16.4. The van der Waals surface area contributed by atoms with Gasteiger partial charge in [-0.25, -0.2) is 17.8 Å². The molecule has 2 aromatic carbocycles. The van der Waals surface area contributed by atoms with Crippen LogP contribution in [0.1, 0.15) is 50.9 Å². The fourth-order valence-electron chi connectivity index (χ4n) is 4.42. The fraction of sp³-hybridized carbons (Fsp3) is 0.481. The van der Waals surface area contributed by atoms with Crippen molar-refractivity contribution in [3.05, 3.63) is 53.8 Å². The van der Waals surface area contributed by atoms with E-state index in [4.69, 9.17) is 4.74 Å². The number of ether oxygens (including phenoxy) is 1. The van der Waals surface area contributed by atoms with Crippen LogP contribution in [0.3, 0.4) is 0 Å². The molecule has 0 spiro atoms. The Balaban J connectivity index is 1.63. The van der Waals surface area contributed by atoms with Gasteiger partial charge in [0, 0.05) is 25.3 Å². The summed E-state index contributed by atoms with van der Waals surface area (Å²) in [6, 6.07) is 10.8. The third-order valence-electron chi connectivity index (χ3n) is 6.12. The van der Waals surface area contributed by atoms with Crippen molar-refractivity contribution < 1.29 is 22.3 Å². The topological polar surface area (TPSA) is 79.8 Å². The molecule has 37 heavy (non-hydrogen) atoms. The molecule has 200 valence electrons. The van der Waals surface area contributed by atoms with Crippen molar-refractivity contribution in [3.8, 4) is 0 Å². The van der Waals surface area contributed by atoms with Crippen LogP contribution in [0.4, 0.5) is 9.52 Å². The average molecular weight is 548 g/mol. The van der Waals surface area contributed by atoms with Gasteiger partial charge < -0.3 is 4.74 Å². The Morgan fingerprint density at radius 1 is 1.11 bits per heavy atom. The van der Waals surface area contributed by atoms with Gasteiger partial charge >= 0.3 is 0 Å². The zero-order valence-electron chi connectivity index (χ0n) is 21.7. The van der Waals surface area contributed by atoms with E-state index in [9.17, 15) is 17.6 Å². The van der Waals surface area contributed by atoms with E-state index in [0.717, 1.165) is 12.8 Å². The van der Waals surface area contributed by atoms with Gasteiger partial charge in [0.05, 0.1) is 22.2 Å². The van der Waals surface area contributed by atoms with E-state index < -0.39 is 15.8 Å². The number of rotatable bonds is 10. The molecule has 1 atom stereocenters. The summed E-state index contributed by atoms with van der Waals surface area (Å²) in [6.45, 7) is 9.72. The predicted molar refractivity (Wildman–Crippen MR) is 145 cm³/mol. The molecule has 0 saturated carbocycles. The van der Waals surface area contributed by atoms with E-state index in [1.165, 1.54) is 50.9 Å². The number of aromatic nitrogens is 1. The summed E-state index contributed by atoms with van der Waals surface area (Å²) in [4.78, 5) is 19.8. The van der Waals surface area contributed by atoms with Crippen molar-refractivity contribution in [1.82, 2.24) is 9.29 Å². The molecule has 1 aliphatic rings. The van der Waals surface area contributed by atoms with E-state index in [1.54, 1.807) is 12.1 Å². The van der Waals surface area contributed by atoms with E-state index in [-0.39, 0.29) is 40.8 Å². The molecule has 7 nitrogen and oxygen atoms in total. The van der Waals surface area contributed by atoms with Crippen LogP contribution >= 0.6 is 11.3 Å². The molecule has 1 unspecified atom stereocenters. The molecule has 10 heteroatoms. The highest BCUT2D eigenvalue weighted by atomic mass is 32.2. The van der Waals surface area contributed by atoms with Gasteiger partial charge in [0.25, 0.3) is 5.91 Å². The van der Waals surface area contributed by atoms with Crippen molar-refractivity contribution in [2.75, 3.05) is 31.1 Å². The lowest BCUT2D eigenvalue weighted by atomic mass is 10.2. The number of halogens is 1. The minimum Gasteiger partial charge on any atom is -0.376 e. The molecule has 1 aliphatic heterocycles. The Bertz CT molecular complexity index is 1320. The Labute approximate surface area is 222 Å². The third-order valence-corrected chi connectivity index (χ3v) is 9.01. The molecule has 2 heterocycles. The standard InChI is InChI=1S/C27H34FN3O4S2/c1-18(2)15-30(16-19(3)4)37(33,34)22-12-10-20(11-13-22)26(32)31(17-21-7-6-14-35-21)27-29-25-23(28)8-5-9-24(25)36-27/h5,8-13,18-19,21H,6-7,14-17H2,1-4H3. The summed E-state index contributed by atoms with van der Waals surface area (Å²) in [5.41, 5.74) is 0.556. The Morgan fingerprint density at radius 2 is 1.78 bits per heavy atom. The number of carbonyl (C=O) groups excluding carboxylic acids is 1. The van der Waals surface area contributed by atoms with Crippen LogP contribution in [-0.4, -0.2) is 56.0 Å². The average Bonchev–Trinajstić information content (AvgIpc) is 3.52. The molecule has 3 aromatic rings. The Morgan fingerprint density at radius 3 is 2.35 bits per heavy atom. The number of sulfonamides is 1. The number of hydrogen-bond donors (Lipinski definition) is 0. The van der Waals surface area contributed by atoms with Crippen molar-refractivity contribution in [1.29, 1.82) is 0 Å². The minimum atomic E-state index is -3.71. The van der Waals surface area contributed by atoms with Crippen molar-refractivity contribution >= 4 is 42.6 Å². The van der Waals surface area contributed by atoms with Crippen LogP contribution in [0, 0.1) is 17.7 Å². The molecule has 0 radical (unpaired) electrons. The van der Waals surface area contributed by atoms with Crippen LogP contribution in [0.2, 0.25) is 0 Å². The van der Waals surface area contributed by atoms with Crippen LogP contribution in [0.15, 0.2) is 47.4 Å². The second-order valence-corrected chi connectivity index (χ2v) is 13.2. The summed E-state index contributed by atoms with van der Waals surface area (Å²) in [5, 5.41) is 0.386. The van der Waals surface area contributed by atoms with Gasteiger partial charge in [-0.05, 0) is 61.1 Å². The Hall–Kier alpha value is -2.40.